The van der Waals surface area contributed by atoms with Gasteiger partial charge in [-0.2, -0.15) is 4.98 Å². The molecule has 0 bridgehead atoms. The maximum Gasteiger partial charge on any atom is 0.234 e. The molecule has 4 aromatic rings. The Morgan fingerprint density at radius 1 is 1.25 bits per heavy atom. The first kappa shape index (κ1) is 18.6. The predicted molar refractivity (Wildman–Crippen MR) is 113 cm³/mol. The van der Waals surface area contributed by atoms with Crippen LogP contribution in [0.2, 0.25) is 0 Å². The molecule has 0 saturated carbocycles. The molecule has 0 aliphatic carbocycles. The van der Waals surface area contributed by atoms with Gasteiger partial charge < -0.3 is 10.2 Å². The molecule has 144 valence electrons. The van der Waals surface area contributed by atoms with Crippen molar-refractivity contribution in [3.8, 4) is 0 Å². The minimum Gasteiger partial charge on any atom is -0.354 e. The second kappa shape index (κ2) is 7.72. The minimum atomic E-state index is -0.0901. The molecule has 0 spiro atoms. The quantitative estimate of drug-likeness (QED) is 0.486. The second-order valence-electron chi connectivity index (χ2n) is 6.35. The fourth-order valence-corrected chi connectivity index (χ4v) is 4.24. The van der Waals surface area contributed by atoms with E-state index in [2.05, 4.69) is 32.4 Å². The maximum atomic E-state index is 12.3. The topological polar surface area (TPSA) is 88.3 Å². The van der Waals surface area contributed by atoms with Crippen LogP contribution < -0.4 is 10.2 Å². The van der Waals surface area contributed by atoms with Crippen molar-refractivity contribution in [3.05, 3.63) is 36.2 Å². The molecule has 0 saturated heterocycles. The molecule has 28 heavy (non-hydrogen) atoms. The Hall–Kier alpha value is -2.72. The summed E-state index contributed by atoms with van der Waals surface area (Å²) in [6.07, 6.45) is 2.63. The van der Waals surface area contributed by atoms with Gasteiger partial charge in [0.1, 0.15) is 11.0 Å². The van der Waals surface area contributed by atoms with Crippen molar-refractivity contribution in [2.75, 3.05) is 30.1 Å². The summed E-state index contributed by atoms with van der Waals surface area (Å²) in [4.78, 5) is 23.1. The number of hydrogen-bond acceptors (Lipinski definition) is 8. The molecule has 1 N–H and O–H groups in total. The third-order valence-corrected chi connectivity index (χ3v) is 6.27. The summed E-state index contributed by atoms with van der Waals surface area (Å²) in [5.74, 6) is 0.146. The van der Waals surface area contributed by atoms with Gasteiger partial charge in [-0.05, 0) is 24.1 Å². The lowest BCUT2D eigenvalue weighted by Crippen LogP contribution is -2.14. The van der Waals surface area contributed by atoms with E-state index >= 15 is 0 Å². The van der Waals surface area contributed by atoms with Crippen molar-refractivity contribution in [1.29, 1.82) is 0 Å². The molecular weight excluding hydrogens is 394 g/mol. The number of carbonyl (C=O) groups is 1. The summed E-state index contributed by atoms with van der Waals surface area (Å²) >= 11 is 2.84. The molecule has 0 fully saturated rings. The van der Waals surface area contributed by atoms with E-state index in [1.165, 1.54) is 28.7 Å². The molecule has 0 atom stereocenters. The van der Waals surface area contributed by atoms with Crippen LogP contribution in [0.25, 0.3) is 16.0 Å². The van der Waals surface area contributed by atoms with Crippen molar-refractivity contribution < 1.29 is 4.79 Å². The molecule has 1 aromatic carbocycles. The molecule has 10 heteroatoms. The lowest BCUT2D eigenvalue weighted by Gasteiger charge is -2.05. The van der Waals surface area contributed by atoms with Crippen LogP contribution in [-0.2, 0) is 11.2 Å². The summed E-state index contributed by atoms with van der Waals surface area (Å²) in [7, 11) is 3.88. The van der Waals surface area contributed by atoms with Gasteiger partial charge in [0.15, 0.2) is 21.6 Å². The Morgan fingerprint density at radius 3 is 2.75 bits per heavy atom. The van der Waals surface area contributed by atoms with Crippen LogP contribution >= 0.6 is 23.1 Å². The second-order valence-corrected chi connectivity index (χ2v) is 8.27. The first-order chi connectivity index (χ1) is 13.5. The highest BCUT2D eigenvalue weighted by Gasteiger charge is 2.16. The van der Waals surface area contributed by atoms with E-state index in [1.807, 2.05) is 43.3 Å². The number of aromatic nitrogens is 5. The molecule has 3 aromatic heterocycles. The van der Waals surface area contributed by atoms with Gasteiger partial charge in [0.2, 0.25) is 5.91 Å². The lowest BCUT2D eigenvalue weighted by molar-refractivity contribution is -0.113. The van der Waals surface area contributed by atoms with E-state index in [0.717, 1.165) is 21.9 Å². The van der Waals surface area contributed by atoms with Crippen LogP contribution in [0.3, 0.4) is 0 Å². The fourth-order valence-electron chi connectivity index (χ4n) is 2.62. The molecule has 0 unspecified atom stereocenters. The fraction of sp³-hybridized carbons (Fsp3) is 0.278. The number of carbonyl (C=O) groups excluding carboxylic acids is 1. The Bertz CT molecular complexity index is 1130. The largest absolute Gasteiger partial charge is 0.354 e. The Balaban J connectivity index is 1.48. The number of hydrogen-bond donors (Lipinski definition) is 1. The Morgan fingerprint density at radius 2 is 2.04 bits per heavy atom. The number of anilines is 2. The van der Waals surface area contributed by atoms with E-state index in [-0.39, 0.29) is 11.7 Å². The van der Waals surface area contributed by atoms with Crippen LogP contribution in [0.15, 0.2) is 35.7 Å². The average molecular weight is 414 g/mol. The maximum absolute atomic E-state index is 12.3. The highest BCUT2D eigenvalue weighted by molar-refractivity contribution is 7.99. The van der Waals surface area contributed by atoms with E-state index < -0.39 is 0 Å². The van der Waals surface area contributed by atoms with E-state index in [9.17, 15) is 4.79 Å². The van der Waals surface area contributed by atoms with E-state index in [0.29, 0.717) is 16.5 Å². The summed E-state index contributed by atoms with van der Waals surface area (Å²) < 4.78 is 2.68. The zero-order chi connectivity index (χ0) is 19.7. The highest BCUT2D eigenvalue weighted by atomic mass is 32.2. The van der Waals surface area contributed by atoms with E-state index in [4.69, 9.17) is 0 Å². The van der Waals surface area contributed by atoms with Crippen molar-refractivity contribution in [1.82, 2.24) is 24.6 Å². The third kappa shape index (κ3) is 3.65. The van der Waals surface area contributed by atoms with Gasteiger partial charge in [-0.3, -0.25) is 9.20 Å². The first-order valence-corrected chi connectivity index (χ1v) is 10.5. The number of nitrogens with zero attached hydrogens (tertiary/aromatic N) is 6. The molecule has 4 rings (SSSR count). The van der Waals surface area contributed by atoms with Crippen molar-refractivity contribution in [2.45, 2.75) is 18.5 Å². The van der Waals surface area contributed by atoms with Crippen LogP contribution in [0.1, 0.15) is 12.5 Å². The van der Waals surface area contributed by atoms with Crippen molar-refractivity contribution >= 4 is 55.8 Å². The zero-order valence-corrected chi connectivity index (χ0v) is 17.3. The third-order valence-electron chi connectivity index (χ3n) is 4.12. The summed E-state index contributed by atoms with van der Waals surface area (Å²) in [5, 5.41) is 12.9. The molecule has 3 heterocycles. The minimum absolute atomic E-state index is 0.0901. The van der Waals surface area contributed by atoms with Crippen molar-refractivity contribution in [2.24, 2.45) is 0 Å². The van der Waals surface area contributed by atoms with Gasteiger partial charge >= 0.3 is 0 Å². The molecular formula is C18H19N7OS2. The van der Waals surface area contributed by atoms with Gasteiger partial charge in [0.05, 0.1) is 5.75 Å². The average Bonchev–Trinajstić information content (AvgIpc) is 3.30. The summed E-state index contributed by atoms with van der Waals surface area (Å²) in [5.41, 5.74) is 3.38. The summed E-state index contributed by atoms with van der Waals surface area (Å²) in [6, 6.07) is 7.87. The number of amides is 1. The van der Waals surface area contributed by atoms with E-state index in [1.54, 1.807) is 10.7 Å². The predicted octanol–water partition coefficient (Wildman–Crippen LogP) is 3.09. The number of benzene rings is 1. The normalized spacial score (nSPS) is 11.2. The number of nitrogens with one attached hydrogen (secondary N) is 1. The van der Waals surface area contributed by atoms with Gasteiger partial charge in [-0.1, -0.05) is 42.2 Å². The molecule has 1 amide bonds. The van der Waals surface area contributed by atoms with Crippen LogP contribution in [0.5, 0.6) is 0 Å². The Labute approximate surface area is 170 Å². The van der Waals surface area contributed by atoms with Crippen LogP contribution in [0, 0.1) is 0 Å². The van der Waals surface area contributed by atoms with Crippen LogP contribution in [-0.4, -0.2) is 50.3 Å². The number of fused-ring (bicyclic) bond motifs is 3. The molecule has 8 nitrogen and oxygen atoms in total. The van der Waals surface area contributed by atoms with Crippen LogP contribution in [0.4, 0.5) is 10.8 Å². The van der Waals surface area contributed by atoms with Gasteiger partial charge in [0, 0.05) is 19.8 Å². The number of rotatable bonds is 6. The molecule has 0 aliphatic heterocycles. The SMILES string of the molecule is CCc1ccc(NC(=O)CSc2nnc3c4sc(N(C)C)nc4ncn23)cc1. The lowest BCUT2D eigenvalue weighted by atomic mass is 10.1. The first-order valence-electron chi connectivity index (χ1n) is 8.74. The van der Waals surface area contributed by atoms with Gasteiger partial charge in [0.25, 0.3) is 0 Å². The number of thiazole rings is 1. The Kier molecular flexibility index (Phi) is 5.14. The zero-order valence-electron chi connectivity index (χ0n) is 15.7. The molecule has 0 aliphatic rings. The highest BCUT2D eigenvalue weighted by Crippen LogP contribution is 2.30. The standard InChI is InChI=1S/C18H19N7OS2/c1-4-11-5-7-12(8-6-11)20-13(26)9-27-18-23-22-16-14-15(19-10-25(16)18)21-17(28-14)24(2)3/h5-8,10H,4,9H2,1-3H3,(H,20,26). The van der Waals surface area contributed by atoms with Gasteiger partial charge in [-0.15, -0.1) is 10.2 Å². The summed E-state index contributed by atoms with van der Waals surface area (Å²) in [6.45, 7) is 2.10. The number of aryl methyl sites for hydroxylation is 1. The smallest absolute Gasteiger partial charge is 0.234 e. The molecule has 0 radical (unpaired) electrons. The van der Waals surface area contributed by atoms with Crippen molar-refractivity contribution in [3.63, 3.8) is 0 Å². The van der Waals surface area contributed by atoms with Gasteiger partial charge in [-0.25, -0.2) is 4.98 Å². The monoisotopic (exact) mass is 413 g/mol. The number of thioether (sulfide) groups is 1.